The first-order valence-corrected chi connectivity index (χ1v) is 7.78. The van der Waals surface area contributed by atoms with E-state index in [1.165, 1.54) is 38.5 Å². The molecule has 1 nitrogen and oxygen atoms in total. The molecular formula is C16H33N. The van der Waals surface area contributed by atoms with Crippen molar-refractivity contribution < 1.29 is 0 Å². The van der Waals surface area contributed by atoms with Gasteiger partial charge in [0.15, 0.2) is 0 Å². The van der Waals surface area contributed by atoms with Crippen molar-refractivity contribution in [1.29, 1.82) is 0 Å². The van der Waals surface area contributed by atoms with Crippen LogP contribution in [-0.2, 0) is 0 Å². The minimum atomic E-state index is 0.554. The molecule has 0 saturated heterocycles. The van der Waals surface area contributed by atoms with Crippen LogP contribution in [0.15, 0.2) is 0 Å². The monoisotopic (exact) mass is 239 g/mol. The number of nitrogens with one attached hydrogen (secondary N) is 1. The lowest BCUT2D eigenvalue weighted by Gasteiger charge is -2.36. The van der Waals surface area contributed by atoms with E-state index in [0.29, 0.717) is 5.41 Å². The molecule has 0 spiro atoms. The lowest BCUT2D eigenvalue weighted by Crippen LogP contribution is -2.42. The van der Waals surface area contributed by atoms with Crippen LogP contribution in [0.2, 0.25) is 0 Å². The molecule has 0 aromatic rings. The maximum Gasteiger partial charge on any atom is 0.0103 e. The van der Waals surface area contributed by atoms with E-state index in [9.17, 15) is 0 Å². The Labute approximate surface area is 109 Å². The molecule has 0 aliphatic heterocycles. The van der Waals surface area contributed by atoms with Gasteiger partial charge in [-0.3, -0.25) is 0 Å². The Bertz CT molecular complexity index is 206. The Morgan fingerprint density at radius 1 is 1.18 bits per heavy atom. The molecule has 2 atom stereocenters. The highest BCUT2D eigenvalue weighted by Gasteiger charge is 2.39. The third-order valence-corrected chi connectivity index (χ3v) is 5.03. The second kappa shape index (κ2) is 6.78. The first-order chi connectivity index (χ1) is 8.05. The van der Waals surface area contributed by atoms with Crippen LogP contribution in [0.25, 0.3) is 0 Å². The van der Waals surface area contributed by atoms with Gasteiger partial charge in [-0.2, -0.15) is 0 Å². The average molecular weight is 239 g/mol. The van der Waals surface area contributed by atoms with Crippen molar-refractivity contribution in [2.75, 3.05) is 6.54 Å². The number of hydrogen-bond donors (Lipinski definition) is 1. The minimum Gasteiger partial charge on any atom is -0.314 e. The summed E-state index contributed by atoms with van der Waals surface area (Å²) in [4.78, 5) is 0. The standard InChI is InChI=1S/C16H33N/c1-6-13(7-2)12-15(17-8-3)14-10-9-11-16(14,4)5/h13-15,17H,6-12H2,1-5H3. The molecular weight excluding hydrogens is 206 g/mol. The third-order valence-electron chi connectivity index (χ3n) is 5.03. The Hall–Kier alpha value is -0.0400. The van der Waals surface area contributed by atoms with Gasteiger partial charge in [0.2, 0.25) is 0 Å². The zero-order valence-corrected chi connectivity index (χ0v) is 12.7. The lowest BCUT2D eigenvalue weighted by atomic mass is 9.74. The lowest BCUT2D eigenvalue weighted by molar-refractivity contribution is 0.174. The van der Waals surface area contributed by atoms with Crippen molar-refractivity contribution in [3.05, 3.63) is 0 Å². The van der Waals surface area contributed by atoms with E-state index < -0.39 is 0 Å². The molecule has 0 aromatic heterocycles. The van der Waals surface area contributed by atoms with E-state index in [4.69, 9.17) is 0 Å². The summed E-state index contributed by atoms with van der Waals surface area (Å²) in [6.45, 7) is 13.0. The van der Waals surface area contributed by atoms with Gasteiger partial charge >= 0.3 is 0 Å². The molecule has 1 rings (SSSR count). The summed E-state index contributed by atoms with van der Waals surface area (Å²) in [5.41, 5.74) is 0.554. The number of hydrogen-bond acceptors (Lipinski definition) is 1. The van der Waals surface area contributed by atoms with E-state index in [2.05, 4.69) is 39.9 Å². The second-order valence-corrected chi connectivity index (χ2v) is 6.57. The quantitative estimate of drug-likeness (QED) is 0.683. The maximum absolute atomic E-state index is 3.78. The van der Waals surface area contributed by atoms with Crippen LogP contribution in [0.5, 0.6) is 0 Å². The van der Waals surface area contributed by atoms with Crippen molar-refractivity contribution in [2.45, 2.75) is 79.2 Å². The van der Waals surface area contributed by atoms with Gasteiger partial charge in [-0.05, 0) is 43.1 Å². The maximum atomic E-state index is 3.78. The molecule has 0 radical (unpaired) electrons. The summed E-state index contributed by atoms with van der Waals surface area (Å²) in [7, 11) is 0. The van der Waals surface area contributed by atoms with Crippen LogP contribution < -0.4 is 5.32 Å². The van der Waals surface area contributed by atoms with Crippen LogP contribution in [0.1, 0.15) is 73.1 Å². The van der Waals surface area contributed by atoms with E-state index in [1.54, 1.807) is 0 Å². The molecule has 0 aromatic carbocycles. The zero-order valence-electron chi connectivity index (χ0n) is 12.7. The van der Waals surface area contributed by atoms with Gasteiger partial charge in [-0.1, -0.05) is 53.9 Å². The number of rotatable bonds is 7. The smallest absolute Gasteiger partial charge is 0.0103 e. The molecule has 1 saturated carbocycles. The molecule has 2 unspecified atom stereocenters. The molecule has 1 aliphatic rings. The fraction of sp³-hybridized carbons (Fsp3) is 1.00. The molecule has 1 heteroatoms. The van der Waals surface area contributed by atoms with E-state index in [-0.39, 0.29) is 0 Å². The van der Waals surface area contributed by atoms with Gasteiger partial charge in [0.05, 0.1) is 0 Å². The van der Waals surface area contributed by atoms with Crippen LogP contribution in [0.3, 0.4) is 0 Å². The SMILES string of the molecule is CCNC(CC(CC)CC)C1CCCC1(C)C. The Kier molecular flexibility index (Phi) is 5.99. The van der Waals surface area contributed by atoms with Crippen LogP contribution >= 0.6 is 0 Å². The van der Waals surface area contributed by atoms with Gasteiger partial charge in [0.1, 0.15) is 0 Å². The molecule has 1 N–H and O–H groups in total. The van der Waals surface area contributed by atoms with Gasteiger partial charge < -0.3 is 5.32 Å². The third kappa shape index (κ3) is 3.98. The van der Waals surface area contributed by atoms with Gasteiger partial charge in [0.25, 0.3) is 0 Å². The summed E-state index contributed by atoms with van der Waals surface area (Å²) >= 11 is 0. The highest BCUT2D eigenvalue weighted by atomic mass is 14.9. The van der Waals surface area contributed by atoms with Crippen molar-refractivity contribution in [1.82, 2.24) is 5.32 Å². The van der Waals surface area contributed by atoms with Crippen molar-refractivity contribution in [3.8, 4) is 0 Å². The van der Waals surface area contributed by atoms with E-state index >= 15 is 0 Å². The summed E-state index contributed by atoms with van der Waals surface area (Å²) in [6, 6.07) is 0.752. The first kappa shape index (κ1) is 15.0. The summed E-state index contributed by atoms with van der Waals surface area (Å²) in [5, 5.41) is 3.78. The molecule has 1 fully saturated rings. The highest BCUT2D eigenvalue weighted by molar-refractivity contribution is 4.92. The summed E-state index contributed by atoms with van der Waals surface area (Å²) in [6.07, 6.45) is 8.35. The molecule has 17 heavy (non-hydrogen) atoms. The topological polar surface area (TPSA) is 12.0 Å². The summed E-state index contributed by atoms with van der Waals surface area (Å²) < 4.78 is 0. The van der Waals surface area contributed by atoms with E-state index in [1.807, 2.05) is 0 Å². The average Bonchev–Trinajstić information content (AvgIpc) is 2.64. The molecule has 1 aliphatic carbocycles. The van der Waals surface area contributed by atoms with Crippen molar-refractivity contribution in [3.63, 3.8) is 0 Å². The normalized spacial score (nSPS) is 25.4. The molecule has 0 bridgehead atoms. The van der Waals surface area contributed by atoms with Crippen molar-refractivity contribution >= 4 is 0 Å². The predicted molar refractivity (Wildman–Crippen MR) is 77.3 cm³/mol. The fourth-order valence-corrected chi connectivity index (χ4v) is 3.73. The van der Waals surface area contributed by atoms with Gasteiger partial charge in [-0.25, -0.2) is 0 Å². The van der Waals surface area contributed by atoms with Gasteiger partial charge in [-0.15, -0.1) is 0 Å². The molecule has 0 amide bonds. The first-order valence-electron chi connectivity index (χ1n) is 7.78. The fourth-order valence-electron chi connectivity index (χ4n) is 3.73. The minimum absolute atomic E-state index is 0.554. The van der Waals surface area contributed by atoms with Crippen LogP contribution in [0, 0.1) is 17.3 Å². The molecule has 0 heterocycles. The molecule has 102 valence electrons. The van der Waals surface area contributed by atoms with E-state index in [0.717, 1.165) is 24.4 Å². The highest BCUT2D eigenvalue weighted by Crippen LogP contribution is 2.45. The largest absolute Gasteiger partial charge is 0.314 e. The van der Waals surface area contributed by atoms with Crippen LogP contribution in [-0.4, -0.2) is 12.6 Å². The Morgan fingerprint density at radius 3 is 2.24 bits per heavy atom. The Balaban J connectivity index is 2.64. The van der Waals surface area contributed by atoms with Crippen molar-refractivity contribution in [2.24, 2.45) is 17.3 Å². The van der Waals surface area contributed by atoms with Crippen LogP contribution in [0.4, 0.5) is 0 Å². The second-order valence-electron chi connectivity index (χ2n) is 6.57. The predicted octanol–water partition coefficient (Wildman–Crippen LogP) is 4.62. The summed E-state index contributed by atoms with van der Waals surface area (Å²) in [5.74, 6) is 1.80. The Morgan fingerprint density at radius 2 is 1.82 bits per heavy atom. The zero-order chi connectivity index (χ0) is 12.9. The van der Waals surface area contributed by atoms with Gasteiger partial charge in [0, 0.05) is 6.04 Å².